The number of anilines is 1. The Kier molecular flexibility index (Phi) is 13.7. The van der Waals surface area contributed by atoms with Crippen molar-refractivity contribution in [1.29, 1.82) is 0 Å². The first-order valence-corrected chi connectivity index (χ1v) is 23.2. The average Bonchev–Trinajstić information content (AvgIpc) is 3.78. The number of fused-ring (bicyclic) bond motifs is 2. The van der Waals surface area contributed by atoms with E-state index in [9.17, 15) is 24.0 Å². The largest absolute Gasteiger partial charge is 0.496 e. The Bertz CT molecular complexity index is 2540. The maximum atomic E-state index is 13.2. The van der Waals surface area contributed by atoms with E-state index in [-0.39, 0.29) is 41.8 Å². The number of piperidine rings is 2. The van der Waals surface area contributed by atoms with Gasteiger partial charge in [-0.1, -0.05) is 31.3 Å². The number of nitrogens with zero attached hydrogens (tertiary/aromatic N) is 5. The van der Waals surface area contributed by atoms with Crippen molar-refractivity contribution < 1.29 is 23.9 Å². The van der Waals surface area contributed by atoms with Gasteiger partial charge in [0.05, 0.1) is 29.3 Å². The summed E-state index contributed by atoms with van der Waals surface area (Å²) < 4.78 is 8.72. The second-order valence-corrected chi connectivity index (χ2v) is 18.5. The lowest BCUT2D eigenvalue weighted by atomic mass is 9.82. The fourth-order valence-corrected chi connectivity index (χ4v) is 10.6. The van der Waals surface area contributed by atoms with Crippen LogP contribution in [0.25, 0.3) is 21.8 Å². The third kappa shape index (κ3) is 9.68. The molecule has 15 heteroatoms. The fourth-order valence-electron chi connectivity index (χ4n) is 10.6. The summed E-state index contributed by atoms with van der Waals surface area (Å²) in [5.41, 5.74) is 9.32. The van der Waals surface area contributed by atoms with Crippen molar-refractivity contribution in [1.82, 2.24) is 34.6 Å². The first-order valence-electron chi connectivity index (χ1n) is 23.2. The minimum absolute atomic E-state index is 0.0112. The number of primary amides is 1. The van der Waals surface area contributed by atoms with Gasteiger partial charge in [-0.25, -0.2) is 9.78 Å². The first kappa shape index (κ1) is 44.9. The van der Waals surface area contributed by atoms with Crippen LogP contribution in [-0.2, 0) is 27.9 Å². The molecule has 3 atom stereocenters. The summed E-state index contributed by atoms with van der Waals surface area (Å²) in [6.07, 6.45) is 12.6. The number of imide groups is 1. The summed E-state index contributed by atoms with van der Waals surface area (Å²) >= 11 is 0. The van der Waals surface area contributed by atoms with E-state index >= 15 is 0 Å². The molecule has 4 fully saturated rings. The second-order valence-electron chi connectivity index (χ2n) is 18.5. The van der Waals surface area contributed by atoms with Crippen molar-refractivity contribution >= 4 is 51.3 Å². The zero-order chi connectivity index (χ0) is 45.1. The predicted octanol–water partition coefficient (Wildman–Crippen LogP) is 4.49. The molecule has 5 heterocycles. The molecule has 1 unspecified atom stereocenters. The van der Waals surface area contributed by atoms with E-state index in [0.29, 0.717) is 48.5 Å². The Labute approximate surface area is 374 Å². The third-order valence-electron chi connectivity index (χ3n) is 14.5. The lowest BCUT2D eigenvalue weighted by Gasteiger charge is -2.35. The van der Waals surface area contributed by atoms with Crippen molar-refractivity contribution in [3.8, 4) is 17.6 Å². The molecule has 1 saturated carbocycles. The van der Waals surface area contributed by atoms with E-state index in [1.165, 1.54) is 38.4 Å². The van der Waals surface area contributed by atoms with Gasteiger partial charge in [0.15, 0.2) is 0 Å². The van der Waals surface area contributed by atoms with Crippen molar-refractivity contribution in [3.05, 3.63) is 63.7 Å². The number of imidazole rings is 1. The number of hydrogen-bond acceptors (Lipinski definition) is 10. The van der Waals surface area contributed by atoms with Crippen molar-refractivity contribution in [2.75, 3.05) is 52.2 Å². The van der Waals surface area contributed by atoms with Crippen molar-refractivity contribution in [2.24, 2.45) is 30.5 Å². The molecule has 2 aromatic heterocycles. The van der Waals surface area contributed by atoms with E-state index < -0.39 is 17.9 Å². The molecule has 3 saturated heterocycles. The molecule has 5 N–H and O–H groups in total. The monoisotopic (exact) mass is 873 g/mol. The Morgan fingerprint density at radius 1 is 1.00 bits per heavy atom. The molecule has 3 aliphatic heterocycles. The number of benzene rings is 2. The number of likely N-dealkylation sites (tertiary alicyclic amines) is 1. The molecular weight excluding hydrogens is 811 g/mol. The van der Waals surface area contributed by atoms with E-state index in [1.807, 2.05) is 6.07 Å². The molecule has 0 radical (unpaired) electrons. The number of carbonyl (C=O) groups is 4. The van der Waals surface area contributed by atoms with Gasteiger partial charge in [0.25, 0.3) is 5.91 Å². The molecule has 2 aromatic carbocycles. The Morgan fingerprint density at radius 3 is 2.50 bits per heavy atom. The Morgan fingerprint density at radius 2 is 1.78 bits per heavy atom. The number of aromatic nitrogens is 3. The summed E-state index contributed by atoms with van der Waals surface area (Å²) in [4.78, 5) is 71.9. The van der Waals surface area contributed by atoms with Gasteiger partial charge in [-0.15, -0.1) is 0 Å². The quantitative estimate of drug-likeness (QED) is 0.104. The van der Waals surface area contributed by atoms with E-state index in [0.717, 1.165) is 85.7 Å². The van der Waals surface area contributed by atoms with Crippen LogP contribution in [0.2, 0.25) is 0 Å². The van der Waals surface area contributed by atoms with Gasteiger partial charge in [-0.05, 0) is 133 Å². The molecule has 4 aliphatic rings. The molecule has 4 amide bonds. The zero-order valence-corrected chi connectivity index (χ0v) is 37.7. The molecule has 64 heavy (non-hydrogen) atoms. The van der Waals surface area contributed by atoms with Gasteiger partial charge >= 0.3 is 5.69 Å². The number of nitrogens with two attached hydrogens (primary N) is 1. The van der Waals surface area contributed by atoms with Crippen LogP contribution in [0.3, 0.4) is 0 Å². The number of aryl methyl sites for hydroxylation is 1. The van der Waals surface area contributed by atoms with Crippen LogP contribution in [0.4, 0.5) is 5.82 Å². The number of methoxy groups -OCH3 is 1. The molecule has 15 nitrogen and oxygen atoms in total. The molecule has 0 bridgehead atoms. The van der Waals surface area contributed by atoms with Crippen molar-refractivity contribution in [2.45, 2.75) is 102 Å². The van der Waals surface area contributed by atoms with Crippen LogP contribution in [0, 0.1) is 29.6 Å². The number of ether oxygens (including phenoxy) is 1. The lowest BCUT2D eigenvalue weighted by Crippen LogP contribution is -2.44. The second kappa shape index (κ2) is 19.6. The average molecular weight is 874 g/mol. The maximum Gasteiger partial charge on any atom is 0.329 e. The van der Waals surface area contributed by atoms with E-state index in [4.69, 9.17) is 15.5 Å². The standard InChI is InChI=1S/C49H63N9O6/c1-5-33-25-45(60)53-39(33)29-52-47-37-27-43(64-4)38(46(50)61)26-36(37)34(28-51-47)11-7-30-17-21-57(22-18-30)20-6-19-55(2)35-12-8-31(9-13-35)23-32-10-14-40-42(24-32)56(3)49(63)58(40)41-15-16-44(59)54-48(41)62/h10,14,24,26-28,30-31,33,35,39,41H,5-6,8-9,12-13,15-23,25,29H2,1-4H3,(H2,50,61)(H,51,52)(H,53,60)(H,54,59,62)/t31?,33-,35?,39-,41?/m1/s1. The number of pyridine rings is 1. The first-order chi connectivity index (χ1) is 30.9. The topological polar surface area (TPSA) is 186 Å². The minimum Gasteiger partial charge on any atom is -0.496 e. The molecule has 4 aromatic rings. The van der Waals surface area contributed by atoms with Crippen LogP contribution in [0.15, 0.2) is 41.3 Å². The molecule has 8 rings (SSSR count). The Balaban J connectivity index is 0.801. The fraction of sp³-hybridized carbons (Fsp3) is 0.551. The van der Waals surface area contributed by atoms with E-state index in [1.54, 1.807) is 34.5 Å². The highest BCUT2D eigenvalue weighted by Crippen LogP contribution is 2.34. The van der Waals surface area contributed by atoms with Gasteiger partial charge in [0, 0.05) is 61.4 Å². The number of hydrogen-bond donors (Lipinski definition) is 4. The minimum atomic E-state index is -0.674. The van der Waals surface area contributed by atoms with Gasteiger partial charge in [0.2, 0.25) is 17.7 Å². The van der Waals surface area contributed by atoms with Crippen LogP contribution in [-0.4, -0.2) is 107 Å². The third-order valence-corrected chi connectivity index (χ3v) is 14.5. The van der Waals surface area contributed by atoms with Crippen LogP contribution in [0.1, 0.15) is 105 Å². The SMILES string of the molecule is CC[C@@H]1CC(=O)N[C@@H]1CNc1ncc(C#CC2CCN(CCCN(C)C3CCC(Cc4ccc5c(c4)n(C)c(=O)n5C4CCC(=O)NC4=O)CC3)CC2)c2cc(C(N)=O)c(OC)cc12. The highest BCUT2D eigenvalue weighted by molar-refractivity contribution is 6.05. The summed E-state index contributed by atoms with van der Waals surface area (Å²) in [5, 5.41) is 10.5. The smallest absolute Gasteiger partial charge is 0.329 e. The summed E-state index contributed by atoms with van der Waals surface area (Å²) in [6, 6.07) is 9.64. The number of rotatable bonds is 14. The van der Waals surface area contributed by atoms with Gasteiger partial charge in [0.1, 0.15) is 17.6 Å². The predicted molar refractivity (Wildman–Crippen MR) is 247 cm³/mol. The van der Waals surface area contributed by atoms with Crippen molar-refractivity contribution in [3.63, 3.8) is 0 Å². The lowest BCUT2D eigenvalue weighted by molar-refractivity contribution is -0.135. The van der Waals surface area contributed by atoms with Gasteiger partial charge in [-0.2, -0.15) is 0 Å². The Hall–Kier alpha value is -5.72. The van der Waals surface area contributed by atoms with Crippen LogP contribution >= 0.6 is 0 Å². The molecular formula is C49H63N9O6. The molecule has 1 aliphatic carbocycles. The molecule has 0 spiro atoms. The number of carbonyl (C=O) groups excluding carboxylic acids is 4. The highest BCUT2D eigenvalue weighted by Gasteiger charge is 2.33. The van der Waals surface area contributed by atoms with Gasteiger partial charge in [-0.3, -0.25) is 33.6 Å². The zero-order valence-electron chi connectivity index (χ0n) is 37.7. The van der Waals surface area contributed by atoms with E-state index in [2.05, 4.69) is 63.7 Å². The number of amides is 4. The maximum absolute atomic E-state index is 13.2. The normalized spacial score (nSPS) is 23.3. The summed E-state index contributed by atoms with van der Waals surface area (Å²) in [5.74, 6) is 7.87. The summed E-state index contributed by atoms with van der Waals surface area (Å²) in [6.45, 7) is 6.80. The van der Waals surface area contributed by atoms with Crippen LogP contribution in [0.5, 0.6) is 5.75 Å². The highest BCUT2D eigenvalue weighted by atomic mass is 16.5. The van der Waals surface area contributed by atoms with Crippen LogP contribution < -0.4 is 32.1 Å². The summed E-state index contributed by atoms with van der Waals surface area (Å²) in [7, 11) is 5.54. The molecule has 340 valence electrons. The number of nitrogens with one attached hydrogen (secondary N) is 3. The van der Waals surface area contributed by atoms with Gasteiger partial charge < -0.3 is 30.9 Å².